The molecule has 0 N–H and O–H groups in total. The lowest BCUT2D eigenvalue weighted by molar-refractivity contribution is -0.380. The number of hydrogen-bond donors (Lipinski definition) is 0. The summed E-state index contributed by atoms with van der Waals surface area (Å²) in [6, 6.07) is 0. The molecule has 0 bridgehead atoms. The van der Waals surface area contributed by atoms with Crippen molar-refractivity contribution in [1.29, 1.82) is 0 Å². The number of aromatic nitrogens is 1. The van der Waals surface area contributed by atoms with Crippen molar-refractivity contribution in [2.75, 3.05) is 13.2 Å². The van der Waals surface area contributed by atoms with Crippen molar-refractivity contribution in [1.82, 2.24) is 4.98 Å². The van der Waals surface area contributed by atoms with Gasteiger partial charge in [0.2, 0.25) is 0 Å². The fraction of sp³-hybridized carbons (Fsp3) is 0.417. The molecule has 0 spiro atoms. The third-order valence-corrected chi connectivity index (χ3v) is 3.12. The minimum atomic E-state index is -0.907. The molecular weight excluding hydrogens is 300 g/mol. The third kappa shape index (κ3) is 4.35. The van der Waals surface area contributed by atoms with Gasteiger partial charge in [-0.25, -0.2) is 14.6 Å². The molecule has 0 unspecified atom stereocenters. The first-order valence-electron chi connectivity index (χ1n) is 6.08. The third-order valence-electron chi connectivity index (χ3n) is 2.18. The van der Waals surface area contributed by atoms with Gasteiger partial charge in [0.25, 0.3) is 0 Å². The van der Waals surface area contributed by atoms with Gasteiger partial charge in [-0.2, -0.15) is 0 Å². The van der Waals surface area contributed by atoms with Crippen LogP contribution in [0.2, 0.25) is 0 Å². The van der Waals surface area contributed by atoms with Crippen molar-refractivity contribution in [2.45, 2.75) is 20.8 Å². The second-order valence-electron chi connectivity index (χ2n) is 3.68. The second-order valence-corrected chi connectivity index (χ2v) is 4.86. The van der Waals surface area contributed by atoms with Crippen molar-refractivity contribution in [2.24, 2.45) is 0 Å². The molecule has 9 heteroatoms. The first kappa shape index (κ1) is 16.8. The number of nitro groups is 1. The topological polar surface area (TPSA) is 109 Å². The number of carbonyl (C=O) groups excluding carboxylic acids is 2. The van der Waals surface area contributed by atoms with Gasteiger partial charge in [-0.15, -0.1) is 0 Å². The molecule has 0 radical (unpaired) electrons. The molecule has 114 valence electrons. The standard InChI is InChI=1S/C12H14N2O6S/c1-4-19-11(15)8(12(16)20-5-2)6-9-10(14(17)18)21-7(3)13-9/h6H,4-5H2,1-3H3. The van der Waals surface area contributed by atoms with Crippen molar-refractivity contribution >= 4 is 34.4 Å². The van der Waals surface area contributed by atoms with Crippen LogP contribution in [0.25, 0.3) is 6.08 Å². The van der Waals surface area contributed by atoms with Crippen LogP contribution in [0.1, 0.15) is 24.5 Å². The second kappa shape index (κ2) is 7.48. The highest BCUT2D eigenvalue weighted by Crippen LogP contribution is 2.28. The van der Waals surface area contributed by atoms with Gasteiger partial charge in [0.1, 0.15) is 5.57 Å². The molecular formula is C12H14N2O6S. The Labute approximate surface area is 124 Å². The molecule has 1 heterocycles. The van der Waals surface area contributed by atoms with E-state index in [0.29, 0.717) is 5.01 Å². The lowest BCUT2D eigenvalue weighted by Crippen LogP contribution is -2.18. The van der Waals surface area contributed by atoms with Gasteiger partial charge < -0.3 is 9.47 Å². The quantitative estimate of drug-likeness (QED) is 0.197. The molecule has 8 nitrogen and oxygen atoms in total. The fourth-order valence-corrected chi connectivity index (χ4v) is 2.12. The number of carbonyl (C=O) groups is 2. The first-order valence-corrected chi connectivity index (χ1v) is 6.90. The zero-order valence-electron chi connectivity index (χ0n) is 11.7. The monoisotopic (exact) mass is 314 g/mol. The largest absolute Gasteiger partial charge is 0.462 e. The van der Waals surface area contributed by atoms with Crippen LogP contribution in [0.4, 0.5) is 5.00 Å². The predicted molar refractivity (Wildman–Crippen MR) is 74.7 cm³/mol. The Morgan fingerprint density at radius 1 is 1.29 bits per heavy atom. The van der Waals surface area contributed by atoms with Crippen LogP contribution in [0, 0.1) is 17.0 Å². The van der Waals surface area contributed by atoms with E-state index in [-0.39, 0.29) is 23.9 Å². The lowest BCUT2D eigenvalue weighted by Gasteiger charge is -2.05. The minimum Gasteiger partial charge on any atom is -0.462 e. The number of hydrogen-bond acceptors (Lipinski definition) is 8. The van der Waals surface area contributed by atoms with Crippen molar-refractivity contribution < 1.29 is 24.0 Å². The number of esters is 2. The first-order chi connectivity index (χ1) is 9.90. The highest BCUT2D eigenvalue weighted by atomic mass is 32.1. The highest BCUT2D eigenvalue weighted by Gasteiger charge is 2.25. The Morgan fingerprint density at radius 2 is 1.81 bits per heavy atom. The number of rotatable bonds is 6. The van der Waals surface area contributed by atoms with Gasteiger partial charge >= 0.3 is 16.9 Å². The van der Waals surface area contributed by atoms with Crippen LogP contribution in [0.5, 0.6) is 0 Å². The van der Waals surface area contributed by atoms with E-state index in [1.807, 2.05) is 0 Å². The summed E-state index contributed by atoms with van der Waals surface area (Å²) < 4.78 is 9.50. The average molecular weight is 314 g/mol. The zero-order chi connectivity index (χ0) is 16.0. The molecule has 1 aromatic rings. The van der Waals surface area contributed by atoms with Crippen LogP contribution in [0.15, 0.2) is 5.57 Å². The van der Waals surface area contributed by atoms with Crippen LogP contribution < -0.4 is 0 Å². The van der Waals surface area contributed by atoms with E-state index < -0.39 is 22.4 Å². The lowest BCUT2D eigenvalue weighted by atomic mass is 10.2. The smallest absolute Gasteiger partial charge is 0.351 e. The van der Waals surface area contributed by atoms with Crippen molar-refractivity contribution in [3.8, 4) is 0 Å². The fourth-order valence-electron chi connectivity index (χ4n) is 1.41. The Morgan fingerprint density at radius 3 is 2.24 bits per heavy atom. The Hall–Kier alpha value is -2.29. The number of nitrogens with zero attached hydrogens (tertiary/aromatic N) is 2. The van der Waals surface area contributed by atoms with E-state index in [1.165, 1.54) is 0 Å². The van der Waals surface area contributed by atoms with E-state index in [2.05, 4.69) is 4.98 Å². The summed E-state index contributed by atoms with van der Waals surface area (Å²) in [5.41, 5.74) is -0.495. The van der Waals surface area contributed by atoms with E-state index in [0.717, 1.165) is 17.4 Å². The summed E-state index contributed by atoms with van der Waals surface area (Å²) in [5, 5.41) is 11.1. The molecule has 0 saturated heterocycles. The van der Waals surface area contributed by atoms with E-state index in [9.17, 15) is 19.7 Å². The molecule has 1 aromatic heterocycles. The van der Waals surface area contributed by atoms with Gasteiger partial charge in [-0.1, -0.05) is 0 Å². The van der Waals surface area contributed by atoms with E-state index in [4.69, 9.17) is 9.47 Å². The summed E-state index contributed by atoms with van der Waals surface area (Å²) in [6.45, 7) is 4.87. The Bertz CT molecular complexity index is 573. The van der Waals surface area contributed by atoms with Crippen LogP contribution in [0.3, 0.4) is 0 Å². The van der Waals surface area contributed by atoms with Crippen LogP contribution in [-0.4, -0.2) is 35.1 Å². The van der Waals surface area contributed by atoms with Crippen molar-refractivity contribution in [3.63, 3.8) is 0 Å². The number of ether oxygens (including phenoxy) is 2. The molecule has 0 aromatic carbocycles. The van der Waals surface area contributed by atoms with Crippen molar-refractivity contribution in [3.05, 3.63) is 26.4 Å². The predicted octanol–water partition coefficient (Wildman–Crippen LogP) is 1.87. The Balaban J connectivity index is 3.27. The van der Waals surface area contributed by atoms with Crippen LogP contribution >= 0.6 is 11.3 Å². The number of thiazole rings is 1. The summed E-state index contributed by atoms with van der Waals surface area (Å²) >= 11 is 0.856. The van der Waals surface area contributed by atoms with Gasteiger partial charge in [0.05, 0.1) is 23.1 Å². The van der Waals surface area contributed by atoms with Gasteiger partial charge in [-0.05, 0) is 38.2 Å². The summed E-state index contributed by atoms with van der Waals surface area (Å²) in [6.07, 6.45) is 1.03. The van der Waals surface area contributed by atoms with Gasteiger partial charge in [-0.3, -0.25) is 10.1 Å². The highest BCUT2D eigenvalue weighted by molar-refractivity contribution is 7.15. The normalized spacial score (nSPS) is 9.86. The maximum atomic E-state index is 11.8. The van der Waals surface area contributed by atoms with E-state index in [1.54, 1.807) is 20.8 Å². The molecule has 0 aliphatic carbocycles. The van der Waals surface area contributed by atoms with E-state index >= 15 is 0 Å². The molecule has 0 aliphatic heterocycles. The summed E-state index contributed by atoms with van der Waals surface area (Å²) in [7, 11) is 0. The molecule has 0 aliphatic rings. The minimum absolute atomic E-state index is 0.0633. The molecule has 0 amide bonds. The Kier molecular flexibility index (Phi) is 5.97. The van der Waals surface area contributed by atoms with Gasteiger partial charge in [0.15, 0.2) is 5.69 Å². The summed E-state index contributed by atoms with van der Waals surface area (Å²) in [4.78, 5) is 37.8. The maximum Gasteiger partial charge on any atom is 0.351 e. The SMILES string of the molecule is CCOC(=O)C(=Cc1nc(C)sc1[N+](=O)[O-])C(=O)OCC. The van der Waals surface area contributed by atoms with Crippen LogP contribution in [-0.2, 0) is 19.1 Å². The van der Waals surface area contributed by atoms with Gasteiger partial charge in [0, 0.05) is 0 Å². The summed E-state index contributed by atoms with van der Waals surface area (Å²) in [5.74, 6) is -1.81. The molecule has 0 fully saturated rings. The molecule has 21 heavy (non-hydrogen) atoms. The number of aryl methyl sites for hydroxylation is 1. The molecule has 1 rings (SSSR count). The molecule has 0 saturated carbocycles. The average Bonchev–Trinajstić information content (AvgIpc) is 2.77. The maximum absolute atomic E-state index is 11.8. The molecule has 0 atom stereocenters. The zero-order valence-corrected chi connectivity index (χ0v) is 12.6.